The van der Waals surface area contributed by atoms with Crippen LogP contribution in [0.2, 0.25) is 0 Å². The van der Waals surface area contributed by atoms with Crippen molar-refractivity contribution in [3.8, 4) is 5.75 Å². The predicted octanol–water partition coefficient (Wildman–Crippen LogP) is 5.34. The van der Waals surface area contributed by atoms with Gasteiger partial charge in [0.15, 0.2) is 0 Å². The van der Waals surface area contributed by atoms with Crippen LogP contribution in [-0.2, 0) is 0 Å². The van der Waals surface area contributed by atoms with Crippen molar-refractivity contribution in [1.82, 2.24) is 5.32 Å². The molecule has 0 saturated heterocycles. The van der Waals surface area contributed by atoms with Crippen LogP contribution in [0.15, 0.2) is 24.3 Å². The van der Waals surface area contributed by atoms with Crippen molar-refractivity contribution in [1.29, 1.82) is 0 Å². The molecular formula is C19H33NO. The van der Waals surface area contributed by atoms with Crippen molar-refractivity contribution in [2.45, 2.75) is 72.4 Å². The second kappa shape index (κ2) is 9.83. The maximum Gasteiger partial charge on any atom is 0.124 e. The maximum atomic E-state index is 6.04. The number of hydrogen-bond acceptors (Lipinski definition) is 2. The third-order valence-corrected chi connectivity index (χ3v) is 3.83. The molecule has 0 bridgehead atoms. The van der Waals surface area contributed by atoms with Crippen molar-refractivity contribution in [3.05, 3.63) is 29.8 Å². The fraction of sp³-hybridized carbons (Fsp3) is 0.684. The summed E-state index contributed by atoms with van der Waals surface area (Å²) in [5.74, 6) is 1.72. The number of nitrogens with one attached hydrogen (secondary N) is 1. The van der Waals surface area contributed by atoms with E-state index < -0.39 is 0 Å². The summed E-state index contributed by atoms with van der Waals surface area (Å²) >= 11 is 0. The third kappa shape index (κ3) is 5.70. The number of para-hydroxylation sites is 1. The highest BCUT2D eigenvalue weighted by Gasteiger charge is 2.24. The number of benzene rings is 1. The highest BCUT2D eigenvalue weighted by Crippen LogP contribution is 2.35. The Balaban J connectivity index is 3.07. The van der Waals surface area contributed by atoms with E-state index in [1.54, 1.807) is 0 Å². The van der Waals surface area contributed by atoms with Crippen molar-refractivity contribution in [3.63, 3.8) is 0 Å². The van der Waals surface area contributed by atoms with Gasteiger partial charge in [0.05, 0.1) is 6.10 Å². The minimum absolute atomic E-state index is 0.212. The second-order valence-corrected chi connectivity index (χ2v) is 6.08. The molecule has 0 aliphatic rings. The van der Waals surface area contributed by atoms with Gasteiger partial charge in [-0.15, -0.1) is 0 Å². The van der Waals surface area contributed by atoms with Crippen LogP contribution >= 0.6 is 0 Å². The first-order chi connectivity index (χ1) is 10.1. The van der Waals surface area contributed by atoms with Crippen LogP contribution in [0.4, 0.5) is 0 Å². The molecule has 21 heavy (non-hydrogen) atoms. The Kier molecular flexibility index (Phi) is 8.44. The van der Waals surface area contributed by atoms with E-state index in [0.717, 1.165) is 12.3 Å². The molecule has 0 aliphatic carbocycles. The summed E-state index contributed by atoms with van der Waals surface area (Å²) < 4.78 is 6.04. The van der Waals surface area contributed by atoms with E-state index in [2.05, 4.69) is 64.2 Å². The lowest BCUT2D eigenvalue weighted by atomic mass is 9.85. The summed E-state index contributed by atoms with van der Waals surface area (Å²) in [6.07, 6.45) is 5.21. The fourth-order valence-corrected chi connectivity index (χ4v) is 3.07. The van der Waals surface area contributed by atoms with E-state index in [0.29, 0.717) is 12.0 Å². The first-order valence-electron chi connectivity index (χ1n) is 8.62. The van der Waals surface area contributed by atoms with Gasteiger partial charge in [0, 0.05) is 11.6 Å². The molecule has 0 heterocycles. The molecule has 0 radical (unpaired) electrons. The van der Waals surface area contributed by atoms with Crippen LogP contribution in [0.1, 0.15) is 71.9 Å². The molecule has 2 heteroatoms. The van der Waals surface area contributed by atoms with Gasteiger partial charge in [0.25, 0.3) is 0 Å². The number of ether oxygens (including phenoxy) is 1. The maximum absolute atomic E-state index is 6.04. The van der Waals surface area contributed by atoms with Gasteiger partial charge in [-0.2, -0.15) is 0 Å². The molecule has 0 aliphatic heterocycles. The van der Waals surface area contributed by atoms with Crippen LogP contribution in [0.25, 0.3) is 0 Å². The normalized spacial score (nSPS) is 12.9. The molecule has 1 aromatic rings. The first-order valence-corrected chi connectivity index (χ1v) is 8.62. The zero-order chi connectivity index (χ0) is 15.7. The zero-order valence-electron chi connectivity index (χ0n) is 14.5. The average Bonchev–Trinajstić information content (AvgIpc) is 2.45. The molecule has 1 atom stereocenters. The average molecular weight is 291 g/mol. The van der Waals surface area contributed by atoms with Crippen LogP contribution in [-0.4, -0.2) is 12.6 Å². The van der Waals surface area contributed by atoms with Gasteiger partial charge >= 0.3 is 0 Å². The predicted molar refractivity (Wildman–Crippen MR) is 91.9 cm³/mol. The lowest BCUT2D eigenvalue weighted by Gasteiger charge is -2.30. The summed E-state index contributed by atoms with van der Waals surface area (Å²) in [5.41, 5.74) is 1.32. The molecule has 0 spiro atoms. The third-order valence-electron chi connectivity index (χ3n) is 3.83. The first kappa shape index (κ1) is 18.0. The van der Waals surface area contributed by atoms with E-state index in [4.69, 9.17) is 4.74 Å². The van der Waals surface area contributed by atoms with E-state index in [1.165, 1.54) is 31.2 Å². The zero-order valence-corrected chi connectivity index (χ0v) is 14.5. The van der Waals surface area contributed by atoms with Crippen molar-refractivity contribution in [2.75, 3.05) is 6.54 Å². The molecule has 1 N–H and O–H groups in total. The van der Waals surface area contributed by atoms with Crippen molar-refractivity contribution < 1.29 is 4.74 Å². The monoisotopic (exact) mass is 291 g/mol. The molecule has 1 aromatic carbocycles. The Hall–Kier alpha value is -1.02. The molecule has 0 saturated carbocycles. The van der Waals surface area contributed by atoms with Crippen LogP contribution < -0.4 is 10.1 Å². The SMILES string of the molecule is CCCC(CCC)C(NCC)c1ccccc1OC(C)C. The van der Waals surface area contributed by atoms with Gasteiger partial charge in [-0.3, -0.25) is 0 Å². The summed E-state index contributed by atoms with van der Waals surface area (Å²) in [5, 5.41) is 3.70. The van der Waals surface area contributed by atoms with Crippen molar-refractivity contribution >= 4 is 0 Å². The number of hydrogen-bond donors (Lipinski definition) is 1. The van der Waals surface area contributed by atoms with E-state index in [-0.39, 0.29) is 6.10 Å². The minimum Gasteiger partial charge on any atom is -0.491 e. The summed E-state index contributed by atoms with van der Waals surface area (Å²) in [7, 11) is 0. The Morgan fingerprint density at radius 2 is 1.62 bits per heavy atom. The second-order valence-electron chi connectivity index (χ2n) is 6.08. The standard InChI is InChI=1S/C19H33NO/c1-6-11-16(12-7-2)19(20-8-3)17-13-9-10-14-18(17)21-15(4)5/h9-10,13-16,19-20H,6-8,11-12H2,1-5H3. The van der Waals surface area contributed by atoms with Crippen molar-refractivity contribution in [2.24, 2.45) is 5.92 Å². The van der Waals surface area contributed by atoms with E-state index in [9.17, 15) is 0 Å². The highest BCUT2D eigenvalue weighted by molar-refractivity contribution is 5.36. The Labute approximate surface area is 131 Å². The van der Waals surface area contributed by atoms with E-state index in [1.807, 2.05) is 0 Å². The molecule has 1 unspecified atom stereocenters. The molecule has 0 aromatic heterocycles. The van der Waals surface area contributed by atoms with Gasteiger partial charge in [0.1, 0.15) is 5.75 Å². The molecule has 0 fully saturated rings. The molecule has 120 valence electrons. The molecule has 0 amide bonds. The van der Waals surface area contributed by atoms with Gasteiger partial charge in [-0.1, -0.05) is 51.8 Å². The summed E-state index contributed by atoms with van der Waals surface area (Å²) in [6.45, 7) is 11.9. The number of rotatable bonds is 10. The summed E-state index contributed by atoms with van der Waals surface area (Å²) in [4.78, 5) is 0. The highest BCUT2D eigenvalue weighted by atomic mass is 16.5. The fourth-order valence-electron chi connectivity index (χ4n) is 3.07. The molecule has 1 rings (SSSR count). The Morgan fingerprint density at radius 1 is 1.00 bits per heavy atom. The lowest BCUT2D eigenvalue weighted by molar-refractivity contribution is 0.231. The lowest BCUT2D eigenvalue weighted by Crippen LogP contribution is -2.29. The smallest absolute Gasteiger partial charge is 0.124 e. The molecular weight excluding hydrogens is 258 g/mol. The quantitative estimate of drug-likeness (QED) is 0.628. The van der Waals surface area contributed by atoms with Crippen LogP contribution in [0.3, 0.4) is 0 Å². The summed E-state index contributed by atoms with van der Waals surface area (Å²) in [6, 6.07) is 8.92. The largest absolute Gasteiger partial charge is 0.491 e. The molecule has 2 nitrogen and oxygen atoms in total. The van der Waals surface area contributed by atoms with Gasteiger partial charge in [-0.05, 0) is 45.2 Å². The Morgan fingerprint density at radius 3 is 2.14 bits per heavy atom. The minimum atomic E-state index is 0.212. The van der Waals surface area contributed by atoms with Crippen LogP contribution in [0.5, 0.6) is 5.75 Å². The Bertz CT molecular complexity index is 383. The topological polar surface area (TPSA) is 21.3 Å². The van der Waals surface area contributed by atoms with Gasteiger partial charge < -0.3 is 10.1 Å². The van der Waals surface area contributed by atoms with E-state index >= 15 is 0 Å². The van der Waals surface area contributed by atoms with Crippen LogP contribution in [0, 0.1) is 5.92 Å². The van der Waals surface area contributed by atoms with Gasteiger partial charge in [-0.25, -0.2) is 0 Å². The van der Waals surface area contributed by atoms with Gasteiger partial charge in [0.2, 0.25) is 0 Å².